The molecule has 0 aliphatic carbocycles. The van der Waals surface area contributed by atoms with Crippen LogP contribution in [0.4, 0.5) is 5.82 Å². The topological polar surface area (TPSA) is 98.5 Å². The normalized spacial score (nSPS) is 17.0. The molecule has 1 atom stereocenters. The highest BCUT2D eigenvalue weighted by Gasteiger charge is 2.27. The summed E-state index contributed by atoms with van der Waals surface area (Å²) in [4.78, 5) is 4.79. The second-order valence-electron chi connectivity index (χ2n) is 7.44. The van der Waals surface area contributed by atoms with Crippen molar-refractivity contribution in [2.45, 2.75) is 35.8 Å². The van der Waals surface area contributed by atoms with Gasteiger partial charge in [0.2, 0.25) is 14.9 Å². The van der Waals surface area contributed by atoms with Crippen molar-refractivity contribution in [3.8, 4) is 0 Å². The van der Waals surface area contributed by atoms with Gasteiger partial charge < -0.3 is 10.1 Å². The minimum atomic E-state index is -3.86. The molecule has 3 heterocycles. The molecule has 1 aliphatic rings. The zero-order chi connectivity index (χ0) is 20.7. The second kappa shape index (κ2) is 7.33. The number of ether oxygens (including phenoxy) is 1. The van der Waals surface area contributed by atoms with Crippen LogP contribution in [0, 0.1) is 6.92 Å². The van der Waals surface area contributed by atoms with E-state index in [4.69, 9.17) is 4.74 Å². The van der Waals surface area contributed by atoms with Gasteiger partial charge in [-0.2, -0.15) is 4.52 Å². The number of hydrogen-bond donors (Lipinski definition) is 1. The molecule has 1 fully saturated rings. The van der Waals surface area contributed by atoms with E-state index in [1.165, 1.54) is 4.52 Å². The van der Waals surface area contributed by atoms with Gasteiger partial charge in [0.25, 0.3) is 0 Å². The third-order valence-electron chi connectivity index (χ3n) is 5.33. The van der Waals surface area contributed by atoms with Crippen molar-refractivity contribution < 1.29 is 13.2 Å². The van der Waals surface area contributed by atoms with Gasteiger partial charge in [-0.15, -0.1) is 5.10 Å². The molecule has 30 heavy (non-hydrogen) atoms. The van der Waals surface area contributed by atoms with Crippen LogP contribution in [-0.2, 0) is 14.6 Å². The molecule has 8 nitrogen and oxygen atoms in total. The van der Waals surface area contributed by atoms with E-state index < -0.39 is 9.84 Å². The number of rotatable bonds is 5. The molecule has 0 unspecified atom stereocenters. The Morgan fingerprint density at radius 2 is 1.97 bits per heavy atom. The average molecular weight is 423 g/mol. The van der Waals surface area contributed by atoms with Gasteiger partial charge in [-0.3, -0.25) is 0 Å². The van der Waals surface area contributed by atoms with Crippen LogP contribution in [0.15, 0.2) is 58.5 Å². The first-order valence-corrected chi connectivity index (χ1v) is 11.3. The van der Waals surface area contributed by atoms with E-state index in [9.17, 15) is 8.42 Å². The van der Waals surface area contributed by atoms with Crippen molar-refractivity contribution >= 4 is 32.2 Å². The summed E-state index contributed by atoms with van der Waals surface area (Å²) >= 11 is 0. The fourth-order valence-corrected chi connectivity index (χ4v) is 4.93. The predicted octanol–water partition coefficient (Wildman–Crippen LogP) is 3.01. The average Bonchev–Trinajstić information content (AvgIpc) is 3.42. The summed E-state index contributed by atoms with van der Waals surface area (Å²) in [5.74, 6) is 0.594. The standard InChI is InChI=1S/C21H21N5O3S/c1-14-8-10-16(11-9-14)30(27,28)21-20-23-19(22-13-15-5-4-12-29-15)17-6-2-3-7-18(17)26(20)25-24-21/h2-3,6-11,15H,4-5,12-13H2,1H3,(H,22,23)/t15-/m1/s1. The van der Waals surface area contributed by atoms with Crippen LogP contribution in [0.3, 0.4) is 0 Å². The van der Waals surface area contributed by atoms with Gasteiger partial charge in [-0.1, -0.05) is 35.0 Å². The van der Waals surface area contributed by atoms with Gasteiger partial charge in [-0.05, 0) is 44.0 Å². The molecule has 154 valence electrons. The van der Waals surface area contributed by atoms with Gasteiger partial charge in [0.05, 0.1) is 16.5 Å². The Balaban J connectivity index is 1.65. The maximum atomic E-state index is 13.2. The summed E-state index contributed by atoms with van der Waals surface area (Å²) in [5.41, 5.74) is 1.91. The smallest absolute Gasteiger partial charge is 0.229 e. The van der Waals surface area contributed by atoms with E-state index >= 15 is 0 Å². The van der Waals surface area contributed by atoms with Crippen molar-refractivity contribution in [3.63, 3.8) is 0 Å². The van der Waals surface area contributed by atoms with Crippen LogP contribution >= 0.6 is 0 Å². The monoisotopic (exact) mass is 423 g/mol. The number of aromatic nitrogens is 4. The molecule has 0 saturated carbocycles. The molecule has 2 aromatic heterocycles. The van der Waals surface area contributed by atoms with Crippen LogP contribution in [0.2, 0.25) is 0 Å². The highest BCUT2D eigenvalue weighted by molar-refractivity contribution is 7.91. The Hall–Kier alpha value is -3.04. The number of hydrogen-bond acceptors (Lipinski definition) is 7. The zero-order valence-corrected chi connectivity index (χ0v) is 17.3. The minimum Gasteiger partial charge on any atom is -0.376 e. The molecule has 0 amide bonds. The first-order chi connectivity index (χ1) is 14.5. The summed E-state index contributed by atoms with van der Waals surface area (Å²) in [6, 6.07) is 14.3. The van der Waals surface area contributed by atoms with E-state index in [2.05, 4.69) is 20.6 Å². The number of anilines is 1. The highest BCUT2D eigenvalue weighted by Crippen LogP contribution is 2.28. The fourth-order valence-electron chi connectivity index (χ4n) is 3.70. The largest absolute Gasteiger partial charge is 0.376 e. The highest BCUT2D eigenvalue weighted by atomic mass is 32.2. The molecule has 0 spiro atoms. The Bertz CT molecular complexity index is 1330. The summed E-state index contributed by atoms with van der Waals surface area (Å²) in [5, 5.41) is 12.1. The molecular weight excluding hydrogens is 402 g/mol. The van der Waals surface area contributed by atoms with E-state index in [0.717, 1.165) is 35.9 Å². The van der Waals surface area contributed by atoms with Crippen LogP contribution in [0.5, 0.6) is 0 Å². The lowest BCUT2D eigenvalue weighted by Crippen LogP contribution is -2.19. The lowest BCUT2D eigenvalue weighted by Gasteiger charge is -2.13. The molecule has 1 N–H and O–H groups in total. The van der Waals surface area contributed by atoms with Crippen molar-refractivity contribution in [1.82, 2.24) is 19.8 Å². The van der Waals surface area contributed by atoms with E-state index in [0.29, 0.717) is 12.4 Å². The Labute approximate surface area is 173 Å². The molecule has 9 heteroatoms. The van der Waals surface area contributed by atoms with E-state index in [-0.39, 0.29) is 21.7 Å². The number of para-hydroxylation sites is 1. The maximum absolute atomic E-state index is 13.2. The lowest BCUT2D eigenvalue weighted by atomic mass is 10.2. The molecule has 0 radical (unpaired) electrons. The minimum absolute atomic E-state index is 0.126. The van der Waals surface area contributed by atoms with Crippen LogP contribution in [0.1, 0.15) is 18.4 Å². The van der Waals surface area contributed by atoms with E-state index in [1.54, 1.807) is 24.3 Å². The quantitative estimate of drug-likeness (QED) is 0.527. The molecule has 1 saturated heterocycles. The van der Waals surface area contributed by atoms with E-state index in [1.807, 2.05) is 31.2 Å². The second-order valence-corrected chi connectivity index (χ2v) is 9.30. The SMILES string of the molecule is Cc1ccc(S(=O)(=O)c2nnn3c2nc(NC[C@H]2CCCO2)c2ccccc23)cc1. The summed E-state index contributed by atoms with van der Waals surface area (Å²) in [6.45, 7) is 3.28. The molecular formula is C21H21N5O3S. The number of nitrogens with one attached hydrogen (secondary N) is 1. The predicted molar refractivity (Wildman–Crippen MR) is 112 cm³/mol. The lowest BCUT2D eigenvalue weighted by molar-refractivity contribution is 0.120. The van der Waals surface area contributed by atoms with Gasteiger partial charge in [0.1, 0.15) is 5.82 Å². The molecule has 4 aromatic rings. The number of benzene rings is 2. The number of aryl methyl sites for hydroxylation is 1. The van der Waals surface area contributed by atoms with Crippen molar-refractivity contribution in [1.29, 1.82) is 0 Å². The zero-order valence-electron chi connectivity index (χ0n) is 16.4. The van der Waals surface area contributed by atoms with Gasteiger partial charge in [-0.25, -0.2) is 13.4 Å². The Kier molecular flexibility index (Phi) is 4.63. The van der Waals surface area contributed by atoms with Crippen molar-refractivity contribution in [2.75, 3.05) is 18.5 Å². The number of fused-ring (bicyclic) bond motifs is 3. The Morgan fingerprint density at radius 3 is 2.73 bits per heavy atom. The first-order valence-electron chi connectivity index (χ1n) is 9.85. The molecule has 0 bridgehead atoms. The third-order valence-corrected chi connectivity index (χ3v) is 7.00. The maximum Gasteiger partial charge on any atom is 0.229 e. The van der Waals surface area contributed by atoms with Crippen LogP contribution in [-0.4, -0.2) is 47.5 Å². The third kappa shape index (κ3) is 3.20. The summed E-state index contributed by atoms with van der Waals surface area (Å²) in [6.07, 6.45) is 2.17. The van der Waals surface area contributed by atoms with Crippen molar-refractivity contribution in [2.24, 2.45) is 0 Å². The van der Waals surface area contributed by atoms with Gasteiger partial charge in [0, 0.05) is 18.5 Å². The number of sulfone groups is 1. The van der Waals surface area contributed by atoms with Gasteiger partial charge in [0.15, 0.2) is 5.65 Å². The van der Waals surface area contributed by atoms with Crippen LogP contribution in [0.25, 0.3) is 16.6 Å². The fraction of sp³-hybridized carbons (Fsp3) is 0.286. The summed E-state index contributed by atoms with van der Waals surface area (Å²) in [7, 11) is -3.86. The number of nitrogens with zero attached hydrogens (tertiary/aromatic N) is 4. The molecule has 2 aromatic carbocycles. The molecule has 1 aliphatic heterocycles. The first kappa shape index (κ1) is 19.0. The van der Waals surface area contributed by atoms with Crippen molar-refractivity contribution in [3.05, 3.63) is 54.1 Å². The van der Waals surface area contributed by atoms with Gasteiger partial charge >= 0.3 is 0 Å². The summed E-state index contributed by atoms with van der Waals surface area (Å²) < 4.78 is 33.6. The Morgan fingerprint density at radius 1 is 1.17 bits per heavy atom. The van der Waals surface area contributed by atoms with Crippen LogP contribution < -0.4 is 5.32 Å². The molecule has 5 rings (SSSR count).